The quantitative estimate of drug-likeness (QED) is 0.920. The summed E-state index contributed by atoms with van der Waals surface area (Å²) in [6.45, 7) is 4.06. The fourth-order valence-corrected chi connectivity index (χ4v) is 1.74. The summed E-state index contributed by atoms with van der Waals surface area (Å²) in [4.78, 5) is 11.1. The van der Waals surface area contributed by atoms with Gasteiger partial charge in [-0.2, -0.15) is 0 Å². The zero-order valence-corrected chi connectivity index (χ0v) is 11.0. The van der Waals surface area contributed by atoms with Gasteiger partial charge in [0.1, 0.15) is 11.1 Å². The maximum atomic E-state index is 14.6. The Morgan fingerprint density at radius 3 is 2.38 bits per heavy atom. The van der Waals surface area contributed by atoms with Gasteiger partial charge in [-0.15, -0.1) is 0 Å². The summed E-state index contributed by atoms with van der Waals surface area (Å²) in [6, 6.07) is 6.66. The number of aliphatic carboxylic acids is 1. The molecule has 0 bridgehead atoms. The number of alkyl halides is 1. The van der Waals surface area contributed by atoms with E-state index in [1.54, 1.807) is 24.3 Å². The van der Waals surface area contributed by atoms with Crippen molar-refractivity contribution >= 4 is 21.9 Å². The van der Waals surface area contributed by atoms with Gasteiger partial charge in [0, 0.05) is 4.47 Å². The lowest BCUT2D eigenvalue weighted by Gasteiger charge is -2.34. The average molecular weight is 289 g/mol. The van der Waals surface area contributed by atoms with Gasteiger partial charge in [-0.25, -0.2) is 4.39 Å². The second-order valence-electron chi connectivity index (χ2n) is 4.44. The Kier molecular flexibility index (Phi) is 3.43. The summed E-state index contributed by atoms with van der Waals surface area (Å²) in [5, 5.41) is 9.06. The minimum atomic E-state index is -1.93. The first-order chi connectivity index (χ1) is 7.19. The van der Waals surface area contributed by atoms with Gasteiger partial charge in [0.05, 0.1) is 0 Å². The summed E-state index contributed by atoms with van der Waals surface area (Å²) in [6.07, 6.45) is 0. The molecule has 0 fully saturated rings. The predicted octanol–water partition coefficient (Wildman–Crippen LogP) is 3.74. The van der Waals surface area contributed by atoms with E-state index in [1.165, 1.54) is 20.8 Å². The largest absolute Gasteiger partial charge is 0.481 e. The molecule has 1 aromatic rings. The van der Waals surface area contributed by atoms with Crippen molar-refractivity contribution < 1.29 is 14.3 Å². The third-order valence-corrected chi connectivity index (χ3v) is 3.57. The zero-order chi connectivity index (χ0) is 12.6. The SMILES string of the molecule is CC(C)(C(=O)O)C(C)(F)c1cccc(Br)c1. The first-order valence-electron chi connectivity index (χ1n) is 4.88. The molecule has 1 N–H and O–H groups in total. The number of carboxylic acid groups (broad SMARTS) is 1. The van der Waals surface area contributed by atoms with Crippen molar-refractivity contribution in [3.05, 3.63) is 34.3 Å². The lowest BCUT2D eigenvalue weighted by atomic mass is 9.73. The lowest BCUT2D eigenvalue weighted by molar-refractivity contribution is -0.156. The molecule has 0 saturated carbocycles. The van der Waals surface area contributed by atoms with Crippen LogP contribution in [0, 0.1) is 5.41 Å². The maximum Gasteiger partial charge on any atom is 0.312 e. The summed E-state index contributed by atoms with van der Waals surface area (Å²) in [7, 11) is 0. The first kappa shape index (κ1) is 13.2. The standard InChI is InChI=1S/C12H14BrFO2/c1-11(2,10(15)16)12(3,14)8-5-4-6-9(13)7-8/h4-7H,1-3H3,(H,15,16). The van der Waals surface area contributed by atoms with Crippen LogP contribution < -0.4 is 0 Å². The number of carboxylic acids is 1. The van der Waals surface area contributed by atoms with Gasteiger partial charge in [-0.05, 0) is 38.5 Å². The fraction of sp³-hybridized carbons (Fsp3) is 0.417. The Morgan fingerprint density at radius 1 is 1.38 bits per heavy atom. The van der Waals surface area contributed by atoms with Crippen molar-refractivity contribution in [2.45, 2.75) is 26.4 Å². The van der Waals surface area contributed by atoms with Gasteiger partial charge in [0.25, 0.3) is 0 Å². The molecule has 88 valence electrons. The average Bonchev–Trinajstić information content (AvgIpc) is 2.17. The summed E-state index contributed by atoms with van der Waals surface area (Å²) < 4.78 is 15.4. The van der Waals surface area contributed by atoms with Crippen LogP contribution in [-0.4, -0.2) is 11.1 Å². The number of rotatable bonds is 3. The van der Waals surface area contributed by atoms with Crippen molar-refractivity contribution in [3.8, 4) is 0 Å². The Bertz CT molecular complexity index is 413. The van der Waals surface area contributed by atoms with Gasteiger partial charge in [0.2, 0.25) is 0 Å². The van der Waals surface area contributed by atoms with E-state index in [2.05, 4.69) is 15.9 Å². The van der Waals surface area contributed by atoms with E-state index in [9.17, 15) is 9.18 Å². The Hall–Kier alpha value is -0.900. The molecule has 0 aliphatic carbocycles. The van der Waals surface area contributed by atoms with Gasteiger partial charge in [0.15, 0.2) is 0 Å². The Morgan fingerprint density at radius 2 is 1.94 bits per heavy atom. The van der Waals surface area contributed by atoms with E-state index < -0.39 is 17.1 Å². The third-order valence-electron chi connectivity index (χ3n) is 3.08. The molecule has 1 aromatic carbocycles. The molecule has 0 aliphatic rings. The molecular formula is C12H14BrFO2. The Labute approximate surface area is 103 Å². The van der Waals surface area contributed by atoms with Gasteiger partial charge in [-0.3, -0.25) is 4.79 Å². The van der Waals surface area contributed by atoms with Crippen LogP contribution in [0.1, 0.15) is 26.3 Å². The zero-order valence-electron chi connectivity index (χ0n) is 9.42. The molecule has 0 spiro atoms. The van der Waals surface area contributed by atoms with Crippen LogP contribution in [0.5, 0.6) is 0 Å². The second kappa shape index (κ2) is 4.17. The van der Waals surface area contributed by atoms with E-state index in [4.69, 9.17) is 5.11 Å². The van der Waals surface area contributed by atoms with E-state index in [-0.39, 0.29) is 0 Å². The number of benzene rings is 1. The Balaban J connectivity index is 3.26. The molecule has 2 nitrogen and oxygen atoms in total. The highest BCUT2D eigenvalue weighted by Gasteiger charge is 2.48. The number of hydrogen-bond acceptors (Lipinski definition) is 1. The highest BCUT2D eigenvalue weighted by Crippen LogP contribution is 2.43. The highest BCUT2D eigenvalue weighted by molar-refractivity contribution is 9.10. The maximum absolute atomic E-state index is 14.6. The van der Waals surface area contributed by atoms with Crippen LogP contribution in [0.2, 0.25) is 0 Å². The van der Waals surface area contributed by atoms with Gasteiger partial charge >= 0.3 is 5.97 Å². The minimum Gasteiger partial charge on any atom is -0.481 e. The van der Waals surface area contributed by atoms with Crippen molar-refractivity contribution in [1.29, 1.82) is 0 Å². The van der Waals surface area contributed by atoms with Gasteiger partial charge in [-0.1, -0.05) is 28.1 Å². The van der Waals surface area contributed by atoms with Crippen molar-refractivity contribution in [1.82, 2.24) is 0 Å². The van der Waals surface area contributed by atoms with E-state index >= 15 is 0 Å². The number of hydrogen-bond donors (Lipinski definition) is 1. The molecule has 1 rings (SSSR count). The third kappa shape index (κ3) is 2.12. The van der Waals surface area contributed by atoms with Crippen LogP contribution >= 0.6 is 15.9 Å². The monoisotopic (exact) mass is 288 g/mol. The highest BCUT2D eigenvalue weighted by atomic mass is 79.9. The first-order valence-corrected chi connectivity index (χ1v) is 5.67. The molecule has 1 unspecified atom stereocenters. The predicted molar refractivity (Wildman–Crippen MR) is 64.0 cm³/mol. The van der Waals surface area contributed by atoms with E-state index in [0.29, 0.717) is 5.56 Å². The molecule has 0 aliphatic heterocycles. The van der Waals surface area contributed by atoms with E-state index in [1.807, 2.05) is 0 Å². The smallest absolute Gasteiger partial charge is 0.312 e. The van der Waals surface area contributed by atoms with Crippen LogP contribution in [0.25, 0.3) is 0 Å². The topological polar surface area (TPSA) is 37.3 Å². The van der Waals surface area contributed by atoms with Crippen molar-refractivity contribution in [3.63, 3.8) is 0 Å². The molecule has 16 heavy (non-hydrogen) atoms. The molecule has 0 saturated heterocycles. The van der Waals surface area contributed by atoms with Crippen LogP contribution in [0.15, 0.2) is 28.7 Å². The fourth-order valence-electron chi connectivity index (χ4n) is 1.34. The van der Waals surface area contributed by atoms with Crippen molar-refractivity contribution in [2.24, 2.45) is 5.41 Å². The summed E-state index contributed by atoms with van der Waals surface area (Å²) in [5.41, 5.74) is -3.05. The molecule has 4 heteroatoms. The molecule has 1 atom stereocenters. The summed E-state index contributed by atoms with van der Waals surface area (Å²) >= 11 is 3.24. The van der Waals surface area contributed by atoms with E-state index in [0.717, 1.165) is 4.47 Å². The second-order valence-corrected chi connectivity index (χ2v) is 5.36. The van der Waals surface area contributed by atoms with Crippen molar-refractivity contribution in [2.75, 3.05) is 0 Å². The normalized spacial score (nSPS) is 15.6. The molecule has 0 heterocycles. The van der Waals surface area contributed by atoms with Crippen LogP contribution in [0.4, 0.5) is 4.39 Å². The minimum absolute atomic E-state index is 0.356. The molecule has 0 aromatic heterocycles. The molecule has 0 amide bonds. The summed E-state index contributed by atoms with van der Waals surface area (Å²) in [5.74, 6) is -1.16. The van der Waals surface area contributed by atoms with Gasteiger partial charge < -0.3 is 5.11 Å². The van der Waals surface area contributed by atoms with Crippen LogP contribution in [0.3, 0.4) is 0 Å². The number of carbonyl (C=O) groups is 1. The number of halogens is 2. The molecule has 0 radical (unpaired) electrons. The molecular weight excluding hydrogens is 275 g/mol. The van der Waals surface area contributed by atoms with Crippen LogP contribution in [-0.2, 0) is 10.5 Å². The lowest BCUT2D eigenvalue weighted by Crippen LogP contribution is -2.41.